The molecule has 0 amide bonds. The van der Waals surface area contributed by atoms with Crippen LogP contribution >= 0.6 is 22.6 Å². The van der Waals surface area contributed by atoms with Gasteiger partial charge < -0.3 is 5.32 Å². The van der Waals surface area contributed by atoms with Crippen LogP contribution in [0, 0.1) is 10.5 Å². The third-order valence-electron chi connectivity index (χ3n) is 2.11. The number of rotatable bonds is 5. The summed E-state index contributed by atoms with van der Waals surface area (Å²) in [6, 6.07) is 0. The van der Waals surface area contributed by atoms with E-state index in [-0.39, 0.29) is 5.56 Å². The summed E-state index contributed by atoms with van der Waals surface area (Å²) in [5.41, 5.74) is 0.861. The molecule has 4 nitrogen and oxygen atoms in total. The fraction of sp³-hybridized carbons (Fsp3) is 0.600. The van der Waals surface area contributed by atoms with Gasteiger partial charge in [-0.25, -0.2) is 4.98 Å². The highest BCUT2D eigenvalue weighted by Gasteiger charge is 2.04. The van der Waals surface area contributed by atoms with Gasteiger partial charge in [-0.2, -0.15) is 0 Å². The van der Waals surface area contributed by atoms with Crippen LogP contribution in [0.1, 0.15) is 19.0 Å². The summed E-state index contributed by atoms with van der Waals surface area (Å²) in [5, 5.41) is 3.25. The third kappa shape index (κ3) is 3.57. The fourth-order valence-corrected chi connectivity index (χ4v) is 1.66. The van der Waals surface area contributed by atoms with Crippen LogP contribution in [0.5, 0.6) is 0 Å². The van der Waals surface area contributed by atoms with Gasteiger partial charge in [0.25, 0.3) is 5.56 Å². The maximum Gasteiger partial charge on any atom is 0.267 e. The maximum absolute atomic E-state index is 11.7. The number of nitrogens with zero attached hydrogens (tertiary/aromatic N) is 2. The van der Waals surface area contributed by atoms with Crippen LogP contribution in [-0.2, 0) is 6.54 Å². The Balaban J connectivity index is 2.63. The van der Waals surface area contributed by atoms with E-state index < -0.39 is 0 Å². The van der Waals surface area contributed by atoms with E-state index in [1.54, 1.807) is 10.9 Å². The van der Waals surface area contributed by atoms with Crippen molar-refractivity contribution >= 4 is 22.6 Å². The van der Waals surface area contributed by atoms with Crippen molar-refractivity contribution in [3.63, 3.8) is 0 Å². The Bertz CT molecular complexity index is 375. The molecule has 0 unspecified atom stereocenters. The number of hydrogen-bond donors (Lipinski definition) is 1. The van der Waals surface area contributed by atoms with Crippen LogP contribution in [0.4, 0.5) is 0 Å². The van der Waals surface area contributed by atoms with Gasteiger partial charge in [0.2, 0.25) is 0 Å². The molecule has 0 saturated heterocycles. The second-order valence-corrected chi connectivity index (χ2v) is 4.47. The summed E-state index contributed by atoms with van der Waals surface area (Å²) in [6.45, 7) is 6.46. The van der Waals surface area contributed by atoms with Crippen molar-refractivity contribution in [3.05, 3.63) is 25.9 Å². The van der Waals surface area contributed by atoms with E-state index >= 15 is 0 Å². The van der Waals surface area contributed by atoms with Gasteiger partial charge in [0.05, 0.1) is 15.6 Å². The van der Waals surface area contributed by atoms with Crippen molar-refractivity contribution < 1.29 is 0 Å². The van der Waals surface area contributed by atoms with E-state index in [0.717, 1.165) is 25.2 Å². The van der Waals surface area contributed by atoms with E-state index in [1.165, 1.54) is 0 Å². The van der Waals surface area contributed by atoms with Crippen molar-refractivity contribution in [2.45, 2.75) is 26.8 Å². The van der Waals surface area contributed by atoms with Crippen LogP contribution in [0.15, 0.2) is 11.1 Å². The molecular weight excluding hydrogens is 305 g/mol. The normalized spacial score (nSPS) is 10.6. The Labute approximate surface area is 103 Å². The van der Waals surface area contributed by atoms with Gasteiger partial charge in [0.15, 0.2) is 0 Å². The molecule has 0 aliphatic heterocycles. The average molecular weight is 321 g/mol. The molecule has 0 aromatic carbocycles. The largest absolute Gasteiger partial charge is 0.315 e. The van der Waals surface area contributed by atoms with Gasteiger partial charge in [0.1, 0.15) is 0 Å². The molecule has 15 heavy (non-hydrogen) atoms. The number of hydrogen-bond acceptors (Lipinski definition) is 3. The highest BCUT2D eigenvalue weighted by molar-refractivity contribution is 14.1. The topological polar surface area (TPSA) is 46.9 Å². The van der Waals surface area contributed by atoms with Crippen molar-refractivity contribution in [2.24, 2.45) is 0 Å². The Kier molecular flexibility index (Phi) is 5.24. The van der Waals surface area contributed by atoms with Gasteiger partial charge in [-0.1, -0.05) is 6.92 Å². The van der Waals surface area contributed by atoms with E-state index in [4.69, 9.17) is 0 Å². The van der Waals surface area contributed by atoms with Crippen LogP contribution in [0.3, 0.4) is 0 Å². The van der Waals surface area contributed by atoms with Gasteiger partial charge in [0, 0.05) is 13.1 Å². The second-order valence-electron chi connectivity index (χ2n) is 3.39. The van der Waals surface area contributed by atoms with Gasteiger partial charge in [-0.15, -0.1) is 0 Å². The lowest BCUT2D eigenvalue weighted by Crippen LogP contribution is -2.29. The minimum absolute atomic E-state index is 0.0569. The molecule has 5 heteroatoms. The monoisotopic (exact) mass is 321 g/mol. The van der Waals surface area contributed by atoms with E-state index in [9.17, 15) is 4.79 Å². The minimum Gasteiger partial charge on any atom is -0.315 e. The SMILES string of the molecule is CCCNCCn1cnc(C)c(I)c1=O. The third-order valence-corrected chi connectivity index (χ3v) is 3.36. The molecule has 1 aromatic rings. The molecule has 0 atom stereocenters. The molecule has 1 heterocycles. The summed E-state index contributed by atoms with van der Waals surface area (Å²) >= 11 is 2.05. The zero-order valence-electron chi connectivity index (χ0n) is 9.09. The summed E-state index contributed by atoms with van der Waals surface area (Å²) < 4.78 is 2.36. The van der Waals surface area contributed by atoms with Crippen molar-refractivity contribution in [3.8, 4) is 0 Å². The van der Waals surface area contributed by atoms with Crippen molar-refractivity contribution in [1.82, 2.24) is 14.9 Å². The van der Waals surface area contributed by atoms with Gasteiger partial charge in [-0.3, -0.25) is 9.36 Å². The molecule has 0 aliphatic carbocycles. The van der Waals surface area contributed by atoms with Crippen LogP contribution in [0.25, 0.3) is 0 Å². The van der Waals surface area contributed by atoms with Crippen molar-refractivity contribution in [1.29, 1.82) is 0 Å². The first-order valence-corrected chi connectivity index (χ1v) is 6.17. The predicted octanol–water partition coefficient (Wildman–Crippen LogP) is 1.16. The zero-order chi connectivity index (χ0) is 11.3. The minimum atomic E-state index is 0.0569. The maximum atomic E-state index is 11.7. The average Bonchev–Trinajstić information content (AvgIpc) is 2.24. The lowest BCUT2D eigenvalue weighted by molar-refractivity contribution is 0.572. The quantitative estimate of drug-likeness (QED) is 0.654. The molecule has 1 rings (SSSR count). The molecule has 1 N–H and O–H groups in total. The Morgan fingerprint density at radius 1 is 1.53 bits per heavy atom. The lowest BCUT2D eigenvalue weighted by atomic mass is 10.4. The fourth-order valence-electron chi connectivity index (χ4n) is 1.21. The molecule has 0 saturated carbocycles. The lowest BCUT2D eigenvalue weighted by Gasteiger charge is -2.07. The van der Waals surface area contributed by atoms with E-state index in [0.29, 0.717) is 10.1 Å². The van der Waals surface area contributed by atoms with Gasteiger partial charge in [-0.05, 0) is 42.5 Å². The summed E-state index contributed by atoms with van der Waals surface area (Å²) in [5.74, 6) is 0. The molecule has 1 aromatic heterocycles. The Morgan fingerprint density at radius 2 is 2.27 bits per heavy atom. The first-order chi connectivity index (χ1) is 7.16. The predicted molar refractivity (Wildman–Crippen MR) is 69.1 cm³/mol. The molecule has 0 fully saturated rings. The molecule has 0 radical (unpaired) electrons. The molecule has 84 valence electrons. The van der Waals surface area contributed by atoms with Crippen LogP contribution in [-0.4, -0.2) is 22.6 Å². The van der Waals surface area contributed by atoms with E-state index in [2.05, 4.69) is 17.2 Å². The Morgan fingerprint density at radius 3 is 2.93 bits per heavy atom. The highest BCUT2D eigenvalue weighted by Crippen LogP contribution is 2.00. The number of halogens is 1. The zero-order valence-corrected chi connectivity index (χ0v) is 11.2. The van der Waals surface area contributed by atoms with Gasteiger partial charge >= 0.3 is 0 Å². The highest BCUT2D eigenvalue weighted by atomic mass is 127. The van der Waals surface area contributed by atoms with Crippen molar-refractivity contribution in [2.75, 3.05) is 13.1 Å². The van der Waals surface area contributed by atoms with Crippen LogP contribution < -0.4 is 10.9 Å². The molecule has 0 aliphatic rings. The smallest absolute Gasteiger partial charge is 0.267 e. The number of nitrogens with one attached hydrogen (secondary N) is 1. The second kappa shape index (κ2) is 6.22. The molecular formula is C10H16IN3O. The molecule has 0 spiro atoms. The van der Waals surface area contributed by atoms with Crippen LogP contribution in [0.2, 0.25) is 0 Å². The summed E-state index contributed by atoms with van der Waals surface area (Å²) in [6.07, 6.45) is 2.73. The Hall–Kier alpha value is -0.430. The molecule has 0 bridgehead atoms. The standard InChI is InChI=1S/C10H16IN3O/c1-3-4-12-5-6-14-7-13-8(2)9(11)10(14)15/h7,12H,3-6H2,1-2H3. The number of aryl methyl sites for hydroxylation is 1. The summed E-state index contributed by atoms with van der Waals surface area (Å²) in [7, 11) is 0. The first kappa shape index (κ1) is 12.6. The summed E-state index contributed by atoms with van der Waals surface area (Å²) in [4.78, 5) is 15.9. The number of aromatic nitrogens is 2. The first-order valence-electron chi connectivity index (χ1n) is 5.09. The van der Waals surface area contributed by atoms with E-state index in [1.807, 2.05) is 29.5 Å².